The number of ether oxygens (including phenoxy) is 1. The van der Waals surface area contributed by atoms with Gasteiger partial charge in [0.05, 0.1) is 11.6 Å². The van der Waals surface area contributed by atoms with E-state index in [0.29, 0.717) is 13.0 Å². The SMILES string of the molecule is O=C(OCc1ccccc1)N1CCC(O)C12CCSC2. The van der Waals surface area contributed by atoms with E-state index in [0.717, 1.165) is 23.5 Å². The lowest BCUT2D eigenvalue weighted by molar-refractivity contribution is 0.0299. The predicted octanol–water partition coefficient (Wildman–Crippen LogP) is 2.27. The van der Waals surface area contributed by atoms with Gasteiger partial charge in [-0.2, -0.15) is 11.8 Å². The molecule has 20 heavy (non-hydrogen) atoms. The minimum absolute atomic E-state index is 0.287. The molecule has 2 atom stereocenters. The van der Waals surface area contributed by atoms with E-state index in [-0.39, 0.29) is 12.7 Å². The van der Waals surface area contributed by atoms with Crippen molar-refractivity contribution in [1.29, 1.82) is 0 Å². The monoisotopic (exact) mass is 293 g/mol. The third-order valence-electron chi connectivity index (χ3n) is 4.24. The van der Waals surface area contributed by atoms with E-state index in [4.69, 9.17) is 4.74 Å². The van der Waals surface area contributed by atoms with Crippen molar-refractivity contribution in [2.75, 3.05) is 18.1 Å². The maximum atomic E-state index is 12.3. The summed E-state index contributed by atoms with van der Waals surface area (Å²) in [5, 5.41) is 10.2. The Bertz CT molecular complexity index is 473. The summed E-state index contributed by atoms with van der Waals surface area (Å²) in [7, 11) is 0. The van der Waals surface area contributed by atoms with E-state index >= 15 is 0 Å². The van der Waals surface area contributed by atoms with Gasteiger partial charge in [0.2, 0.25) is 0 Å². The number of carbonyl (C=O) groups is 1. The van der Waals surface area contributed by atoms with Gasteiger partial charge in [-0.05, 0) is 24.2 Å². The van der Waals surface area contributed by atoms with E-state index < -0.39 is 11.6 Å². The molecular weight excluding hydrogens is 274 g/mol. The third-order valence-corrected chi connectivity index (χ3v) is 5.44. The number of aliphatic hydroxyl groups excluding tert-OH is 1. The Kier molecular flexibility index (Phi) is 3.89. The predicted molar refractivity (Wildman–Crippen MR) is 78.6 cm³/mol. The van der Waals surface area contributed by atoms with Gasteiger partial charge in [0.15, 0.2) is 0 Å². The highest BCUT2D eigenvalue weighted by Gasteiger charge is 2.52. The second-order valence-corrected chi connectivity index (χ2v) is 6.51. The molecule has 1 N–H and O–H groups in total. The van der Waals surface area contributed by atoms with E-state index in [1.54, 1.807) is 16.7 Å². The molecule has 1 spiro atoms. The second-order valence-electron chi connectivity index (χ2n) is 5.40. The first-order valence-electron chi connectivity index (χ1n) is 6.96. The van der Waals surface area contributed by atoms with Crippen molar-refractivity contribution >= 4 is 17.9 Å². The van der Waals surface area contributed by atoms with Crippen molar-refractivity contribution in [2.45, 2.75) is 31.1 Å². The van der Waals surface area contributed by atoms with Crippen LogP contribution in [0.15, 0.2) is 30.3 Å². The lowest BCUT2D eigenvalue weighted by atomic mass is 9.93. The molecule has 5 heteroatoms. The van der Waals surface area contributed by atoms with E-state index in [1.807, 2.05) is 30.3 Å². The number of rotatable bonds is 2. The molecule has 0 radical (unpaired) electrons. The second kappa shape index (κ2) is 5.66. The standard InChI is InChI=1S/C15H19NO3S/c17-13-6-8-16(15(13)7-9-20-11-15)14(18)19-10-12-4-2-1-3-5-12/h1-5,13,17H,6-11H2. The fraction of sp³-hybridized carbons (Fsp3) is 0.533. The summed E-state index contributed by atoms with van der Waals surface area (Å²) in [5.41, 5.74) is 0.591. The molecule has 2 saturated heterocycles. The Labute approximate surface area is 123 Å². The third kappa shape index (κ3) is 2.40. The molecule has 2 heterocycles. The first kappa shape index (κ1) is 13.8. The lowest BCUT2D eigenvalue weighted by Crippen LogP contribution is -2.53. The summed E-state index contributed by atoms with van der Waals surface area (Å²) in [4.78, 5) is 14.1. The van der Waals surface area contributed by atoms with Crippen LogP contribution in [0.3, 0.4) is 0 Å². The van der Waals surface area contributed by atoms with Gasteiger partial charge in [0.1, 0.15) is 6.61 Å². The molecule has 1 amide bonds. The zero-order valence-corrected chi connectivity index (χ0v) is 12.1. The number of carbonyl (C=O) groups excluding carboxylic acids is 1. The largest absolute Gasteiger partial charge is 0.445 e. The van der Waals surface area contributed by atoms with Crippen molar-refractivity contribution in [2.24, 2.45) is 0 Å². The number of likely N-dealkylation sites (tertiary alicyclic amines) is 1. The summed E-state index contributed by atoms with van der Waals surface area (Å²) in [5.74, 6) is 1.81. The molecule has 2 aliphatic rings. The van der Waals surface area contributed by atoms with Gasteiger partial charge >= 0.3 is 6.09 Å². The Hall–Kier alpha value is -1.20. The summed E-state index contributed by atoms with van der Waals surface area (Å²) in [6.07, 6.45) is 0.801. The maximum Gasteiger partial charge on any atom is 0.410 e. The summed E-state index contributed by atoms with van der Waals surface area (Å²) >= 11 is 1.80. The van der Waals surface area contributed by atoms with Gasteiger partial charge in [-0.25, -0.2) is 4.79 Å². The average molecular weight is 293 g/mol. The fourth-order valence-corrected chi connectivity index (χ4v) is 4.53. The van der Waals surface area contributed by atoms with Crippen LogP contribution in [0, 0.1) is 0 Å². The molecule has 0 saturated carbocycles. The first-order chi connectivity index (χ1) is 9.72. The molecule has 0 bridgehead atoms. The van der Waals surface area contributed by atoms with E-state index in [1.165, 1.54) is 0 Å². The summed E-state index contributed by atoms with van der Waals surface area (Å²) in [6, 6.07) is 9.67. The first-order valence-corrected chi connectivity index (χ1v) is 8.12. The van der Waals surface area contributed by atoms with Crippen molar-refractivity contribution in [1.82, 2.24) is 4.90 Å². The van der Waals surface area contributed by atoms with Crippen LogP contribution in [0.5, 0.6) is 0 Å². The number of hydrogen-bond acceptors (Lipinski definition) is 4. The highest BCUT2D eigenvalue weighted by molar-refractivity contribution is 7.99. The molecular formula is C15H19NO3S. The Morgan fingerprint density at radius 1 is 1.45 bits per heavy atom. The highest BCUT2D eigenvalue weighted by Crippen LogP contribution is 2.41. The van der Waals surface area contributed by atoms with Gasteiger partial charge in [-0.3, -0.25) is 4.90 Å². The van der Waals surface area contributed by atoms with Crippen molar-refractivity contribution < 1.29 is 14.6 Å². The molecule has 4 nitrogen and oxygen atoms in total. The van der Waals surface area contributed by atoms with Crippen LogP contribution in [-0.2, 0) is 11.3 Å². The minimum Gasteiger partial charge on any atom is -0.445 e. The summed E-state index contributed by atoms with van der Waals surface area (Å²) < 4.78 is 5.41. The molecule has 108 valence electrons. The molecule has 1 aromatic rings. The smallest absolute Gasteiger partial charge is 0.410 e. The lowest BCUT2D eigenvalue weighted by Gasteiger charge is -2.35. The molecule has 2 fully saturated rings. The van der Waals surface area contributed by atoms with Crippen molar-refractivity contribution in [3.8, 4) is 0 Å². The van der Waals surface area contributed by atoms with Gasteiger partial charge in [0.25, 0.3) is 0 Å². The average Bonchev–Trinajstić information content (AvgIpc) is 3.08. The van der Waals surface area contributed by atoms with Gasteiger partial charge in [0, 0.05) is 12.3 Å². The van der Waals surface area contributed by atoms with Gasteiger partial charge in [-0.1, -0.05) is 30.3 Å². The highest BCUT2D eigenvalue weighted by atomic mass is 32.2. The van der Waals surface area contributed by atoms with Crippen LogP contribution in [0.25, 0.3) is 0 Å². The molecule has 0 aliphatic carbocycles. The van der Waals surface area contributed by atoms with Gasteiger partial charge in [-0.15, -0.1) is 0 Å². The minimum atomic E-state index is -0.415. The molecule has 2 aliphatic heterocycles. The normalized spacial score (nSPS) is 29.1. The molecule has 3 rings (SSSR count). The van der Waals surface area contributed by atoms with Crippen LogP contribution in [0.1, 0.15) is 18.4 Å². The Morgan fingerprint density at radius 3 is 2.95 bits per heavy atom. The van der Waals surface area contributed by atoms with Crippen LogP contribution < -0.4 is 0 Å². The van der Waals surface area contributed by atoms with Crippen molar-refractivity contribution in [3.05, 3.63) is 35.9 Å². The molecule has 2 unspecified atom stereocenters. The summed E-state index contributed by atoms with van der Waals surface area (Å²) in [6.45, 7) is 0.880. The quantitative estimate of drug-likeness (QED) is 0.909. The van der Waals surface area contributed by atoms with Crippen LogP contribution in [0.2, 0.25) is 0 Å². The number of nitrogens with zero attached hydrogens (tertiary/aromatic N) is 1. The fourth-order valence-electron chi connectivity index (χ4n) is 3.04. The van der Waals surface area contributed by atoms with Crippen molar-refractivity contribution in [3.63, 3.8) is 0 Å². The van der Waals surface area contributed by atoms with E-state index in [2.05, 4.69) is 0 Å². The number of benzene rings is 1. The zero-order valence-electron chi connectivity index (χ0n) is 11.3. The van der Waals surface area contributed by atoms with Gasteiger partial charge < -0.3 is 9.84 Å². The van der Waals surface area contributed by atoms with Crippen LogP contribution >= 0.6 is 11.8 Å². The Balaban J connectivity index is 1.65. The van der Waals surface area contributed by atoms with Crippen LogP contribution in [0.4, 0.5) is 4.79 Å². The topological polar surface area (TPSA) is 49.8 Å². The number of amides is 1. The number of hydrogen-bond donors (Lipinski definition) is 1. The van der Waals surface area contributed by atoms with E-state index in [9.17, 15) is 9.90 Å². The molecule has 1 aromatic carbocycles. The number of thioether (sulfide) groups is 1. The number of aliphatic hydroxyl groups is 1. The maximum absolute atomic E-state index is 12.3. The Morgan fingerprint density at radius 2 is 2.25 bits per heavy atom. The van der Waals surface area contributed by atoms with Crippen LogP contribution in [-0.4, -0.2) is 45.8 Å². The zero-order chi connectivity index (χ0) is 14.0. The molecule has 0 aromatic heterocycles.